The zero-order chi connectivity index (χ0) is 23.4. The molecular weight excluding hydrogens is 425 g/mol. The SMILES string of the molecule is Cc1ccc(C(=O)NC(Cc2ccc(-c3noc(C4CCCCC4)n3)c(F)c2)C(=O)O)cc1. The monoisotopic (exact) mass is 451 g/mol. The largest absolute Gasteiger partial charge is 0.480 e. The quantitative estimate of drug-likeness (QED) is 0.541. The third-order valence-electron chi connectivity index (χ3n) is 6.03. The maximum Gasteiger partial charge on any atom is 0.326 e. The number of amides is 1. The van der Waals surface area contributed by atoms with E-state index < -0.39 is 23.7 Å². The minimum atomic E-state index is -1.20. The van der Waals surface area contributed by atoms with Crippen molar-refractivity contribution in [3.63, 3.8) is 0 Å². The van der Waals surface area contributed by atoms with Crippen molar-refractivity contribution in [1.29, 1.82) is 0 Å². The highest BCUT2D eigenvalue weighted by atomic mass is 19.1. The second-order valence-electron chi connectivity index (χ2n) is 8.54. The molecule has 1 fully saturated rings. The molecule has 0 radical (unpaired) electrons. The highest BCUT2D eigenvalue weighted by molar-refractivity contribution is 5.96. The van der Waals surface area contributed by atoms with E-state index in [-0.39, 0.29) is 23.7 Å². The molecule has 0 bridgehead atoms. The van der Waals surface area contributed by atoms with E-state index in [2.05, 4.69) is 15.5 Å². The topological polar surface area (TPSA) is 105 Å². The zero-order valence-electron chi connectivity index (χ0n) is 18.4. The summed E-state index contributed by atoms with van der Waals surface area (Å²) < 4.78 is 20.2. The molecule has 0 aliphatic heterocycles. The summed E-state index contributed by atoms with van der Waals surface area (Å²) >= 11 is 0. The average molecular weight is 451 g/mol. The van der Waals surface area contributed by atoms with Crippen LogP contribution in [0.5, 0.6) is 0 Å². The van der Waals surface area contributed by atoms with Gasteiger partial charge in [0, 0.05) is 17.9 Å². The van der Waals surface area contributed by atoms with E-state index in [9.17, 15) is 19.1 Å². The third-order valence-corrected chi connectivity index (χ3v) is 6.03. The number of nitrogens with zero attached hydrogens (tertiary/aromatic N) is 2. The average Bonchev–Trinajstić information content (AvgIpc) is 3.29. The number of nitrogens with one attached hydrogen (secondary N) is 1. The molecule has 1 heterocycles. The number of aliphatic carboxylic acids is 1. The number of carbonyl (C=O) groups excluding carboxylic acids is 1. The second-order valence-corrected chi connectivity index (χ2v) is 8.54. The van der Waals surface area contributed by atoms with Crippen LogP contribution in [0.25, 0.3) is 11.4 Å². The van der Waals surface area contributed by atoms with Crippen LogP contribution >= 0.6 is 0 Å². The number of carboxylic acid groups (broad SMARTS) is 1. The van der Waals surface area contributed by atoms with Gasteiger partial charge in [-0.05, 0) is 49.6 Å². The van der Waals surface area contributed by atoms with E-state index in [1.165, 1.54) is 18.6 Å². The van der Waals surface area contributed by atoms with Gasteiger partial charge in [-0.2, -0.15) is 4.98 Å². The lowest BCUT2D eigenvalue weighted by atomic mass is 9.89. The molecule has 3 aromatic rings. The zero-order valence-corrected chi connectivity index (χ0v) is 18.4. The summed E-state index contributed by atoms with van der Waals surface area (Å²) in [6.45, 7) is 1.89. The molecule has 2 aromatic carbocycles. The second kappa shape index (κ2) is 9.94. The molecule has 1 unspecified atom stereocenters. The first-order chi connectivity index (χ1) is 15.9. The molecule has 0 spiro atoms. The summed E-state index contributed by atoms with van der Waals surface area (Å²) in [4.78, 5) is 28.5. The lowest BCUT2D eigenvalue weighted by molar-refractivity contribution is -0.139. The fourth-order valence-electron chi connectivity index (χ4n) is 4.11. The van der Waals surface area contributed by atoms with E-state index >= 15 is 0 Å². The van der Waals surface area contributed by atoms with Crippen molar-refractivity contribution in [3.8, 4) is 11.4 Å². The van der Waals surface area contributed by atoms with Crippen molar-refractivity contribution < 1.29 is 23.6 Å². The lowest BCUT2D eigenvalue weighted by Crippen LogP contribution is -2.42. The van der Waals surface area contributed by atoms with Crippen molar-refractivity contribution in [2.24, 2.45) is 0 Å². The third kappa shape index (κ3) is 5.45. The molecule has 8 heteroatoms. The fraction of sp³-hybridized carbons (Fsp3) is 0.360. The molecule has 33 heavy (non-hydrogen) atoms. The van der Waals surface area contributed by atoms with Crippen LogP contribution < -0.4 is 5.32 Å². The first-order valence-electron chi connectivity index (χ1n) is 11.1. The Morgan fingerprint density at radius 1 is 1.15 bits per heavy atom. The Hall–Kier alpha value is -3.55. The molecule has 1 aliphatic rings. The number of benzene rings is 2. The van der Waals surface area contributed by atoms with Gasteiger partial charge < -0.3 is 14.9 Å². The summed E-state index contributed by atoms with van der Waals surface area (Å²) in [6, 6.07) is 9.98. The van der Waals surface area contributed by atoms with Gasteiger partial charge in [0.25, 0.3) is 5.91 Å². The number of rotatable bonds is 7. The number of carbonyl (C=O) groups is 2. The minimum absolute atomic E-state index is 0.0658. The van der Waals surface area contributed by atoms with Crippen molar-refractivity contribution in [2.75, 3.05) is 0 Å². The predicted octanol–water partition coefficient (Wildman–Crippen LogP) is 4.66. The molecule has 1 amide bonds. The molecule has 1 aromatic heterocycles. The number of aromatic nitrogens is 2. The number of hydrogen-bond acceptors (Lipinski definition) is 5. The van der Waals surface area contributed by atoms with E-state index in [0.29, 0.717) is 17.0 Å². The predicted molar refractivity (Wildman–Crippen MR) is 119 cm³/mol. The molecular formula is C25H26FN3O4. The maximum atomic E-state index is 14.8. The van der Waals surface area contributed by atoms with Crippen molar-refractivity contribution in [1.82, 2.24) is 15.5 Å². The van der Waals surface area contributed by atoms with Crippen LogP contribution in [-0.4, -0.2) is 33.2 Å². The Bertz CT molecular complexity index is 1140. The van der Waals surface area contributed by atoms with Gasteiger partial charge in [-0.1, -0.05) is 48.2 Å². The molecule has 1 atom stereocenters. The Morgan fingerprint density at radius 3 is 2.55 bits per heavy atom. The maximum absolute atomic E-state index is 14.8. The van der Waals surface area contributed by atoms with Crippen LogP contribution in [0, 0.1) is 12.7 Å². The van der Waals surface area contributed by atoms with Gasteiger partial charge in [0.1, 0.15) is 11.9 Å². The highest BCUT2D eigenvalue weighted by Gasteiger charge is 2.24. The highest BCUT2D eigenvalue weighted by Crippen LogP contribution is 2.33. The Labute approximate surface area is 191 Å². The summed E-state index contributed by atoms with van der Waals surface area (Å²) in [5.41, 5.74) is 1.98. The fourth-order valence-corrected chi connectivity index (χ4v) is 4.11. The van der Waals surface area contributed by atoms with Crippen LogP contribution in [-0.2, 0) is 11.2 Å². The van der Waals surface area contributed by atoms with Crippen LogP contribution in [0.3, 0.4) is 0 Å². The first kappa shape index (κ1) is 22.6. The summed E-state index contributed by atoms with van der Waals surface area (Å²) in [5, 5.41) is 16.0. The van der Waals surface area contributed by atoms with Gasteiger partial charge in [-0.15, -0.1) is 0 Å². The van der Waals surface area contributed by atoms with Crippen molar-refractivity contribution in [3.05, 3.63) is 70.9 Å². The number of halogens is 1. The van der Waals surface area contributed by atoms with Gasteiger partial charge in [0.05, 0.1) is 5.56 Å². The smallest absolute Gasteiger partial charge is 0.326 e. The molecule has 0 saturated heterocycles. The van der Waals surface area contributed by atoms with E-state index in [1.807, 2.05) is 6.92 Å². The number of carboxylic acids is 1. The Morgan fingerprint density at radius 2 is 1.88 bits per heavy atom. The van der Waals surface area contributed by atoms with E-state index in [1.54, 1.807) is 30.3 Å². The molecule has 2 N–H and O–H groups in total. The van der Waals surface area contributed by atoms with Crippen LogP contribution in [0.15, 0.2) is 47.0 Å². The number of hydrogen-bond donors (Lipinski definition) is 2. The molecule has 1 saturated carbocycles. The molecule has 7 nitrogen and oxygen atoms in total. The van der Waals surface area contributed by atoms with Crippen molar-refractivity contribution >= 4 is 11.9 Å². The van der Waals surface area contributed by atoms with Gasteiger partial charge in [-0.3, -0.25) is 4.79 Å². The van der Waals surface area contributed by atoms with Gasteiger partial charge in [0.2, 0.25) is 11.7 Å². The summed E-state index contributed by atoms with van der Waals surface area (Å²) in [7, 11) is 0. The molecule has 4 rings (SSSR count). The van der Waals surface area contributed by atoms with Crippen LogP contribution in [0.2, 0.25) is 0 Å². The van der Waals surface area contributed by atoms with Gasteiger partial charge in [-0.25, -0.2) is 9.18 Å². The Kier molecular flexibility index (Phi) is 6.82. The molecule has 172 valence electrons. The normalized spacial score (nSPS) is 15.2. The van der Waals surface area contributed by atoms with E-state index in [4.69, 9.17) is 4.52 Å². The van der Waals surface area contributed by atoms with Crippen LogP contribution in [0.1, 0.15) is 65.4 Å². The molecule has 1 aliphatic carbocycles. The standard InChI is InChI=1S/C25H26FN3O4/c1-15-7-10-17(11-8-15)23(30)27-21(25(31)32)14-16-9-12-19(20(26)13-16)22-28-24(33-29-22)18-5-3-2-4-6-18/h7-13,18,21H,2-6,14H2,1H3,(H,27,30)(H,31,32). The first-order valence-corrected chi connectivity index (χ1v) is 11.1. The van der Waals surface area contributed by atoms with Crippen LogP contribution in [0.4, 0.5) is 4.39 Å². The Balaban J connectivity index is 1.46. The number of aryl methyl sites for hydroxylation is 1. The van der Waals surface area contributed by atoms with Gasteiger partial charge >= 0.3 is 5.97 Å². The minimum Gasteiger partial charge on any atom is -0.480 e. The van der Waals surface area contributed by atoms with E-state index in [0.717, 1.165) is 31.2 Å². The summed E-state index contributed by atoms with van der Waals surface area (Å²) in [5.74, 6) is -1.33. The lowest BCUT2D eigenvalue weighted by Gasteiger charge is -2.17. The summed E-state index contributed by atoms with van der Waals surface area (Å²) in [6.07, 6.45) is 5.37. The van der Waals surface area contributed by atoms with Gasteiger partial charge in [0.15, 0.2) is 0 Å². The van der Waals surface area contributed by atoms with Crippen molar-refractivity contribution in [2.45, 2.75) is 57.4 Å².